The van der Waals surface area contributed by atoms with E-state index in [1.165, 1.54) is 5.56 Å². The molecule has 0 spiro atoms. The van der Waals surface area contributed by atoms with Crippen molar-refractivity contribution in [2.45, 2.75) is 67.4 Å². The summed E-state index contributed by atoms with van der Waals surface area (Å²) in [5.41, 5.74) is 1.56. The molecule has 0 aliphatic carbocycles. The van der Waals surface area contributed by atoms with Gasteiger partial charge >= 0.3 is 0 Å². The van der Waals surface area contributed by atoms with Gasteiger partial charge in [-0.2, -0.15) is 0 Å². The highest BCUT2D eigenvalue weighted by Crippen LogP contribution is 2.35. The van der Waals surface area contributed by atoms with Crippen molar-refractivity contribution in [1.29, 1.82) is 0 Å². The average molecular weight is 295 g/mol. The molecule has 1 aliphatic rings. The van der Waals surface area contributed by atoms with Gasteiger partial charge in [-0.05, 0) is 25.5 Å². The van der Waals surface area contributed by atoms with E-state index in [0.29, 0.717) is 6.42 Å². The van der Waals surface area contributed by atoms with Crippen molar-refractivity contribution in [2.75, 3.05) is 7.05 Å². The molecule has 0 bridgehead atoms. The fourth-order valence-corrected chi connectivity index (χ4v) is 1.98. The van der Waals surface area contributed by atoms with Crippen LogP contribution in [0.2, 0.25) is 0 Å². The molecule has 122 valence electrons. The monoisotopic (exact) mass is 295 g/mol. The van der Waals surface area contributed by atoms with E-state index in [4.69, 9.17) is 4.74 Å². The summed E-state index contributed by atoms with van der Waals surface area (Å²) in [7, 11) is 1.63. The van der Waals surface area contributed by atoms with Crippen LogP contribution in [0, 0.1) is 6.92 Å². The first-order valence-corrected chi connectivity index (χ1v) is 8.06. The van der Waals surface area contributed by atoms with Gasteiger partial charge in [-0.15, -0.1) is 0 Å². The first-order chi connectivity index (χ1) is 10.0. The van der Waals surface area contributed by atoms with Gasteiger partial charge in [-0.25, -0.2) is 0 Å². The molecule has 2 rings (SSSR count). The predicted molar refractivity (Wildman–Crippen MR) is 92.0 cm³/mol. The lowest BCUT2D eigenvalue weighted by Crippen LogP contribution is -2.46. The molecule has 0 saturated carbocycles. The zero-order chi connectivity index (χ0) is 17.1. The van der Waals surface area contributed by atoms with Crippen LogP contribution >= 0.6 is 0 Å². The van der Waals surface area contributed by atoms with Crippen LogP contribution in [0.15, 0.2) is 18.2 Å². The van der Waals surface area contributed by atoms with E-state index in [1.54, 1.807) is 7.05 Å². The molecule has 1 heterocycles. The Bertz CT molecular complexity index is 416. The lowest BCUT2D eigenvalue weighted by molar-refractivity contribution is -0.133. The van der Waals surface area contributed by atoms with Crippen LogP contribution in [0.5, 0.6) is 5.75 Å². The van der Waals surface area contributed by atoms with Crippen molar-refractivity contribution < 1.29 is 9.53 Å². The highest BCUT2D eigenvalue weighted by molar-refractivity contribution is 5.86. The van der Waals surface area contributed by atoms with E-state index in [2.05, 4.69) is 11.4 Å². The van der Waals surface area contributed by atoms with E-state index >= 15 is 0 Å². The molecule has 1 amide bonds. The number of fused-ring (bicyclic) bond motifs is 1. The van der Waals surface area contributed by atoms with Gasteiger partial charge in [-0.3, -0.25) is 4.79 Å². The van der Waals surface area contributed by atoms with Crippen LogP contribution in [0.1, 0.15) is 59.6 Å². The predicted octanol–water partition coefficient (Wildman–Crippen LogP) is 4.51. The van der Waals surface area contributed by atoms with E-state index < -0.39 is 5.60 Å². The van der Waals surface area contributed by atoms with Crippen molar-refractivity contribution in [3.8, 4) is 5.75 Å². The van der Waals surface area contributed by atoms with Crippen LogP contribution in [0.3, 0.4) is 0 Å². The lowest BCUT2D eigenvalue weighted by atomic mass is 9.97. The lowest BCUT2D eigenvalue weighted by Gasteiger charge is -2.21. The van der Waals surface area contributed by atoms with Crippen LogP contribution in [0.4, 0.5) is 0 Å². The Morgan fingerprint density at radius 2 is 1.67 bits per heavy atom. The quantitative estimate of drug-likeness (QED) is 0.827. The number of hydrogen-bond donors (Lipinski definition) is 1. The van der Waals surface area contributed by atoms with E-state index in [0.717, 1.165) is 11.3 Å². The number of amides is 1. The minimum absolute atomic E-state index is 0.0728. The summed E-state index contributed by atoms with van der Waals surface area (Å²) in [5, 5.41) is 2.63. The molecule has 0 saturated heterocycles. The molecular formula is C18H33NO2. The number of carbonyl (C=O) groups excluding carboxylic acids is 1. The summed E-state index contributed by atoms with van der Waals surface area (Å²) in [4.78, 5) is 11.7. The van der Waals surface area contributed by atoms with Gasteiger partial charge in [-0.1, -0.05) is 59.2 Å². The molecule has 21 heavy (non-hydrogen) atoms. The van der Waals surface area contributed by atoms with Crippen LogP contribution in [0.25, 0.3) is 0 Å². The maximum absolute atomic E-state index is 11.7. The fraction of sp³-hybridized carbons (Fsp3) is 0.611. The van der Waals surface area contributed by atoms with Gasteiger partial charge < -0.3 is 10.1 Å². The van der Waals surface area contributed by atoms with Gasteiger partial charge in [0, 0.05) is 13.5 Å². The summed E-state index contributed by atoms with van der Waals surface area (Å²) in [5.74, 6) is 0.753. The summed E-state index contributed by atoms with van der Waals surface area (Å²) in [6.45, 7) is 15.9. The maximum Gasteiger partial charge on any atom is 0.264 e. The standard InChI is InChI=1S/C12H15NO2.3C2H6/c1-8-4-5-10-9(6-8)7-12(2,15-10)11(14)13-3;3*1-2/h4-6H,7H2,1-3H3,(H,13,14);3*1-2H3/t12-;;;/m1.../s1. The zero-order valence-corrected chi connectivity index (χ0v) is 15.3. The number of hydrogen-bond acceptors (Lipinski definition) is 2. The number of carbonyl (C=O) groups is 1. The van der Waals surface area contributed by atoms with Gasteiger partial charge in [0.2, 0.25) is 0 Å². The molecule has 1 aliphatic heterocycles. The van der Waals surface area contributed by atoms with Gasteiger partial charge in [0.25, 0.3) is 5.91 Å². The topological polar surface area (TPSA) is 38.3 Å². The number of aryl methyl sites for hydroxylation is 1. The molecule has 0 unspecified atom stereocenters. The first kappa shape index (κ1) is 21.8. The third-order valence-electron chi connectivity index (χ3n) is 2.79. The van der Waals surface area contributed by atoms with Crippen molar-refractivity contribution in [1.82, 2.24) is 5.32 Å². The second-order valence-electron chi connectivity index (χ2n) is 4.20. The summed E-state index contributed by atoms with van der Waals surface area (Å²) in [6, 6.07) is 6.00. The molecule has 0 aromatic heterocycles. The van der Waals surface area contributed by atoms with Gasteiger partial charge in [0.05, 0.1) is 0 Å². The molecule has 3 nitrogen and oxygen atoms in total. The summed E-state index contributed by atoms with van der Waals surface area (Å²) >= 11 is 0. The summed E-state index contributed by atoms with van der Waals surface area (Å²) in [6.07, 6.45) is 0.643. The second-order valence-corrected chi connectivity index (χ2v) is 4.20. The van der Waals surface area contributed by atoms with Crippen molar-refractivity contribution in [2.24, 2.45) is 0 Å². The molecule has 1 aromatic carbocycles. The second kappa shape index (κ2) is 11.2. The number of ether oxygens (including phenoxy) is 1. The average Bonchev–Trinajstić information content (AvgIpc) is 2.89. The largest absolute Gasteiger partial charge is 0.477 e. The Kier molecular flexibility index (Phi) is 11.6. The number of nitrogens with one attached hydrogen (secondary N) is 1. The van der Waals surface area contributed by atoms with Gasteiger partial charge in [0.1, 0.15) is 5.75 Å². The van der Waals surface area contributed by atoms with Gasteiger partial charge in [0.15, 0.2) is 5.60 Å². The molecule has 0 fully saturated rings. The maximum atomic E-state index is 11.7. The molecular weight excluding hydrogens is 262 g/mol. The Balaban J connectivity index is 0. The molecule has 1 aromatic rings. The third kappa shape index (κ3) is 5.78. The Morgan fingerprint density at radius 3 is 2.14 bits per heavy atom. The SMILES string of the molecule is CC.CC.CC.CNC(=O)[C@@]1(C)Cc2cc(C)ccc2O1. The van der Waals surface area contributed by atoms with Crippen molar-refractivity contribution in [3.05, 3.63) is 29.3 Å². The molecule has 0 radical (unpaired) electrons. The highest BCUT2D eigenvalue weighted by atomic mass is 16.5. The van der Waals surface area contributed by atoms with Crippen molar-refractivity contribution >= 4 is 5.91 Å². The van der Waals surface area contributed by atoms with Crippen molar-refractivity contribution in [3.63, 3.8) is 0 Å². The first-order valence-electron chi connectivity index (χ1n) is 8.06. The van der Waals surface area contributed by atoms with E-state index in [1.807, 2.05) is 67.5 Å². The van der Waals surface area contributed by atoms with Crippen LogP contribution in [-0.4, -0.2) is 18.6 Å². The van der Waals surface area contributed by atoms with E-state index in [-0.39, 0.29) is 5.91 Å². The number of rotatable bonds is 1. The number of likely N-dealkylation sites (N-methyl/N-ethyl adjacent to an activating group) is 1. The smallest absolute Gasteiger partial charge is 0.264 e. The minimum Gasteiger partial charge on any atom is -0.477 e. The highest BCUT2D eigenvalue weighted by Gasteiger charge is 2.41. The Hall–Kier alpha value is -1.51. The zero-order valence-electron chi connectivity index (χ0n) is 15.3. The molecule has 3 heteroatoms. The minimum atomic E-state index is -0.745. The fourth-order valence-electron chi connectivity index (χ4n) is 1.98. The Labute approximate surface area is 131 Å². The molecule has 1 N–H and O–H groups in total. The third-order valence-corrected chi connectivity index (χ3v) is 2.79. The van der Waals surface area contributed by atoms with Crippen LogP contribution in [-0.2, 0) is 11.2 Å². The number of benzene rings is 1. The Morgan fingerprint density at radius 1 is 1.14 bits per heavy atom. The summed E-state index contributed by atoms with van der Waals surface area (Å²) < 4.78 is 5.69. The molecule has 1 atom stereocenters. The normalized spacial score (nSPS) is 17.4. The van der Waals surface area contributed by atoms with E-state index in [9.17, 15) is 4.79 Å². The van der Waals surface area contributed by atoms with Crippen LogP contribution < -0.4 is 10.1 Å².